The highest BCUT2D eigenvalue weighted by Crippen LogP contribution is 2.19. The predicted molar refractivity (Wildman–Crippen MR) is 72.9 cm³/mol. The number of carbonyl (C=O) groups excluding carboxylic acids is 1. The maximum absolute atomic E-state index is 11.8. The Labute approximate surface area is 109 Å². The Morgan fingerprint density at radius 3 is 2.47 bits per heavy atom. The van der Waals surface area contributed by atoms with Crippen LogP contribution in [0.5, 0.6) is 0 Å². The zero-order valence-corrected chi connectivity index (χ0v) is 11.7. The largest absolute Gasteiger partial charge is 0.351 e. The molecule has 1 aromatic heterocycles. The Kier molecular flexibility index (Phi) is 6.27. The van der Waals surface area contributed by atoms with E-state index in [9.17, 15) is 4.79 Å². The van der Waals surface area contributed by atoms with E-state index in [0.717, 1.165) is 17.0 Å². The molecule has 17 heavy (non-hydrogen) atoms. The van der Waals surface area contributed by atoms with Crippen LogP contribution in [0.4, 0.5) is 0 Å². The molecule has 0 atom stereocenters. The molecule has 0 aliphatic carbocycles. The summed E-state index contributed by atoms with van der Waals surface area (Å²) in [6.45, 7) is 9.21. The molecule has 1 aromatic rings. The molecule has 1 amide bonds. The van der Waals surface area contributed by atoms with E-state index in [1.54, 1.807) is 0 Å². The fourth-order valence-electron chi connectivity index (χ4n) is 2.08. The topological polar surface area (TPSA) is 60.1 Å². The monoisotopic (exact) mass is 259 g/mol. The Bertz CT molecular complexity index is 385. The molecule has 1 heterocycles. The van der Waals surface area contributed by atoms with Gasteiger partial charge in [0.05, 0.1) is 5.56 Å². The van der Waals surface area contributed by atoms with Gasteiger partial charge in [-0.15, -0.1) is 12.4 Å². The lowest BCUT2D eigenvalue weighted by Gasteiger charge is -2.13. The standard InChI is InChI=1S/C12H21N3O.ClH/c1-8(2)15-9(3)7-11(10(15)4)12(16)14-6-5-13;/h7-8H,5-6,13H2,1-4H3,(H,14,16);1H. The summed E-state index contributed by atoms with van der Waals surface area (Å²) in [4.78, 5) is 11.8. The van der Waals surface area contributed by atoms with Crippen molar-refractivity contribution in [3.63, 3.8) is 0 Å². The van der Waals surface area contributed by atoms with E-state index in [4.69, 9.17) is 5.73 Å². The zero-order chi connectivity index (χ0) is 12.3. The maximum atomic E-state index is 11.8. The number of halogens is 1. The third-order valence-corrected chi connectivity index (χ3v) is 2.68. The molecule has 0 aliphatic heterocycles. The Morgan fingerprint density at radius 1 is 1.47 bits per heavy atom. The van der Waals surface area contributed by atoms with E-state index in [1.807, 2.05) is 19.9 Å². The molecule has 98 valence electrons. The fourth-order valence-corrected chi connectivity index (χ4v) is 2.08. The van der Waals surface area contributed by atoms with Crippen LogP contribution in [0.1, 0.15) is 41.6 Å². The number of hydrogen-bond acceptors (Lipinski definition) is 2. The van der Waals surface area contributed by atoms with Gasteiger partial charge in [-0.25, -0.2) is 0 Å². The van der Waals surface area contributed by atoms with Crippen LogP contribution in [-0.2, 0) is 0 Å². The van der Waals surface area contributed by atoms with Crippen molar-refractivity contribution in [1.29, 1.82) is 0 Å². The first-order chi connectivity index (χ1) is 7.49. The third kappa shape index (κ3) is 3.48. The summed E-state index contributed by atoms with van der Waals surface area (Å²) in [5.74, 6) is -0.0366. The van der Waals surface area contributed by atoms with Crippen LogP contribution in [0.3, 0.4) is 0 Å². The average molecular weight is 260 g/mol. The molecule has 0 saturated carbocycles. The maximum Gasteiger partial charge on any atom is 0.253 e. The minimum atomic E-state index is -0.0366. The van der Waals surface area contributed by atoms with Crippen molar-refractivity contribution in [2.24, 2.45) is 5.73 Å². The van der Waals surface area contributed by atoms with E-state index >= 15 is 0 Å². The van der Waals surface area contributed by atoms with Crippen molar-refractivity contribution in [3.8, 4) is 0 Å². The second kappa shape index (κ2) is 6.67. The number of nitrogens with zero attached hydrogens (tertiary/aromatic N) is 1. The number of aryl methyl sites for hydroxylation is 1. The molecule has 0 aromatic carbocycles. The van der Waals surface area contributed by atoms with Crippen LogP contribution in [0.25, 0.3) is 0 Å². The number of amides is 1. The minimum Gasteiger partial charge on any atom is -0.351 e. The molecule has 5 heteroatoms. The summed E-state index contributed by atoms with van der Waals surface area (Å²) in [5.41, 5.74) is 8.24. The summed E-state index contributed by atoms with van der Waals surface area (Å²) in [6, 6.07) is 2.30. The second-order valence-electron chi connectivity index (χ2n) is 4.29. The Balaban J connectivity index is 0.00000256. The first kappa shape index (κ1) is 16.0. The molecular formula is C12H22ClN3O. The quantitative estimate of drug-likeness (QED) is 0.866. The number of nitrogens with two attached hydrogens (primary N) is 1. The minimum absolute atomic E-state index is 0. The zero-order valence-electron chi connectivity index (χ0n) is 10.9. The van der Waals surface area contributed by atoms with Gasteiger partial charge in [-0.3, -0.25) is 4.79 Å². The lowest BCUT2D eigenvalue weighted by atomic mass is 10.2. The molecule has 1 rings (SSSR count). The number of rotatable bonds is 4. The van der Waals surface area contributed by atoms with Crippen LogP contribution in [-0.4, -0.2) is 23.6 Å². The summed E-state index contributed by atoms with van der Waals surface area (Å²) in [5, 5.41) is 2.79. The number of carbonyl (C=O) groups is 1. The van der Waals surface area contributed by atoms with Crippen LogP contribution >= 0.6 is 12.4 Å². The predicted octanol–water partition coefficient (Wildman–Crippen LogP) is 1.80. The SMILES string of the molecule is Cc1cc(C(=O)NCCN)c(C)n1C(C)C.Cl. The molecule has 4 nitrogen and oxygen atoms in total. The highest BCUT2D eigenvalue weighted by Gasteiger charge is 2.16. The van der Waals surface area contributed by atoms with Crippen LogP contribution < -0.4 is 11.1 Å². The van der Waals surface area contributed by atoms with Gasteiger partial charge in [-0.2, -0.15) is 0 Å². The summed E-state index contributed by atoms with van der Waals surface area (Å²) >= 11 is 0. The van der Waals surface area contributed by atoms with Crippen molar-refractivity contribution in [2.75, 3.05) is 13.1 Å². The third-order valence-electron chi connectivity index (χ3n) is 2.68. The van der Waals surface area contributed by atoms with Crippen LogP contribution in [0, 0.1) is 13.8 Å². The van der Waals surface area contributed by atoms with Gasteiger partial charge in [0.25, 0.3) is 5.91 Å². The average Bonchev–Trinajstić information content (AvgIpc) is 2.50. The number of nitrogens with one attached hydrogen (secondary N) is 1. The summed E-state index contributed by atoms with van der Waals surface area (Å²) in [7, 11) is 0. The lowest BCUT2D eigenvalue weighted by Crippen LogP contribution is -2.29. The van der Waals surface area contributed by atoms with Crippen LogP contribution in [0.2, 0.25) is 0 Å². The van der Waals surface area contributed by atoms with Crippen molar-refractivity contribution < 1.29 is 4.79 Å². The van der Waals surface area contributed by atoms with Crippen molar-refractivity contribution >= 4 is 18.3 Å². The number of hydrogen-bond donors (Lipinski definition) is 2. The second-order valence-corrected chi connectivity index (χ2v) is 4.29. The van der Waals surface area contributed by atoms with E-state index in [-0.39, 0.29) is 18.3 Å². The smallest absolute Gasteiger partial charge is 0.253 e. The highest BCUT2D eigenvalue weighted by atomic mass is 35.5. The van der Waals surface area contributed by atoms with Crippen LogP contribution in [0.15, 0.2) is 6.07 Å². The molecule has 3 N–H and O–H groups in total. The van der Waals surface area contributed by atoms with Crippen molar-refractivity contribution in [2.45, 2.75) is 33.7 Å². The molecule has 0 saturated heterocycles. The van der Waals surface area contributed by atoms with Gasteiger partial charge in [0.15, 0.2) is 0 Å². The molecule has 0 aliphatic rings. The van der Waals surface area contributed by atoms with Gasteiger partial charge in [-0.05, 0) is 33.8 Å². The molecular weight excluding hydrogens is 238 g/mol. The number of aromatic nitrogens is 1. The molecule has 0 bridgehead atoms. The Hall–Kier alpha value is -1.000. The van der Waals surface area contributed by atoms with Crippen molar-refractivity contribution in [1.82, 2.24) is 9.88 Å². The highest BCUT2D eigenvalue weighted by molar-refractivity contribution is 5.95. The van der Waals surface area contributed by atoms with Gasteiger partial charge in [0.2, 0.25) is 0 Å². The van der Waals surface area contributed by atoms with Gasteiger partial charge in [-0.1, -0.05) is 0 Å². The van der Waals surface area contributed by atoms with Gasteiger partial charge >= 0.3 is 0 Å². The molecule has 0 radical (unpaired) electrons. The van der Waals surface area contributed by atoms with E-state index < -0.39 is 0 Å². The molecule has 0 fully saturated rings. The van der Waals surface area contributed by atoms with E-state index in [0.29, 0.717) is 19.1 Å². The van der Waals surface area contributed by atoms with Gasteiger partial charge < -0.3 is 15.6 Å². The molecule has 0 unspecified atom stereocenters. The fraction of sp³-hybridized carbons (Fsp3) is 0.583. The van der Waals surface area contributed by atoms with Crippen molar-refractivity contribution in [3.05, 3.63) is 23.0 Å². The first-order valence-corrected chi connectivity index (χ1v) is 5.65. The summed E-state index contributed by atoms with van der Waals surface area (Å²) < 4.78 is 2.16. The Morgan fingerprint density at radius 2 is 2.06 bits per heavy atom. The normalized spacial score (nSPS) is 10.2. The van der Waals surface area contributed by atoms with Gasteiger partial charge in [0.1, 0.15) is 0 Å². The van der Waals surface area contributed by atoms with E-state index in [2.05, 4.69) is 23.7 Å². The first-order valence-electron chi connectivity index (χ1n) is 5.65. The van der Waals surface area contributed by atoms with Gasteiger partial charge in [0, 0.05) is 30.5 Å². The molecule has 0 spiro atoms. The summed E-state index contributed by atoms with van der Waals surface area (Å²) in [6.07, 6.45) is 0. The van der Waals surface area contributed by atoms with E-state index in [1.165, 1.54) is 0 Å². The lowest BCUT2D eigenvalue weighted by molar-refractivity contribution is 0.0954.